The van der Waals surface area contributed by atoms with Gasteiger partial charge in [0.25, 0.3) is 0 Å². The topological polar surface area (TPSA) is 52.3 Å². The Morgan fingerprint density at radius 1 is 1.61 bits per heavy atom. The summed E-state index contributed by atoms with van der Waals surface area (Å²) in [5, 5.41) is 0.175. The average molecular weight is 266 g/mol. The Morgan fingerprint density at radius 3 is 2.67 bits per heavy atom. The summed E-state index contributed by atoms with van der Waals surface area (Å²) in [4.78, 5) is 11.6. The summed E-state index contributed by atoms with van der Waals surface area (Å²) >= 11 is 6.07. The monoisotopic (exact) mass is 265 g/mol. The van der Waals surface area contributed by atoms with Gasteiger partial charge in [0.05, 0.1) is 28.9 Å². The molecule has 0 aliphatic heterocycles. The van der Waals surface area contributed by atoms with E-state index in [-0.39, 0.29) is 10.6 Å². The number of nitrogens with two attached hydrogens (primary N) is 1. The summed E-state index contributed by atoms with van der Waals surface area (Å²) in [5.41, 5.74) is 7.88. The van der Waals surface area contributed by atoms with E-state index in [2.05, 4.69) is 24.5 Å². The van der Waals surface area contributed by atoms with E-state index >= 15 is 0 Å². The minimum Gasteiger partial charge on any atom is -0.465 e. The number of nitrogen functional groups attached to an aromatic ring is 1. The van der Waals surface area contributed by atoms with E-state index in [1.54, 1.807) is 6.07 Å². The van der Waals surface area contributed by atoms with Crippen molar-refractivity contribution in [3.05, 3.63) is 27.8 Å². The van der Waals surface area contributed by atoms with Crippen LogP contribution in [0.5, 0.6) is 0 Å². The summed E-state index contributed by atoms with van der Waals surface area (Å²) in [6.07, 6.45) is 6.12. The number of hydrogen-bond acceptors (Lipinski definition) is 3. The molecule has 0 unspecified atom stereocenters. The molecule has 0 saturated carbocycles. The second kappa shape index (κ2) is 5.79. The van der Waals surface area contributed by atoms with Crippen LogP contribution in [0.25, 0.3) is 0 Å². The maximum absolute atomic E-state index is 11.6. The predicted octanol–water partition coefficient (Wildman–Crippen LogP) is 2.89. The zero-order valence-corrected chi connectivity index (χ0v) is 11.5. The first-order valence-electron chi connectivity index (χ1n) is 5.58. The van der Waals surface area contributed by atoms with Crippen LogP contribution in [0.3, 0.4) is 0 Å². The Bertz CT molecular complexity index is 516. The number of terminal acetylenes is 1. The van der Waals surface area contributed by atoms with Gasteiger partial charge < -0.3 is 10.5 Å². The molecule has 1 aromatic rings. The summed E-state index contributed by atoms with van der Waals surface area (Å²) in [7, 11) is 1.30. The third kappa shape index (κ3) is 2.77. The van der Waals surface area contributed by atoms with Crippen LogP contribution in [-0.4, -0.2) is 13.1 Å². The molecule has 0 atom stereocenters. The molecule has 96 valence electrons. The molecule has 0 aromatic heterocycles. The number of carbonyl (C=O) groups is 1. The lowest BCUT2D eigenvalue weighted by atomic mass is 9.96. The third-order valence-corrected chi connectivity index (χ3v) is 2.96. The van der Waals surface area contributed by atoms with Crippen LogP contribution < -0.4 is 5.73 Å². The maximum atomic E-state index is 11.6. The van der Waals surface area contributed by atoms with Crippen molar-refractivity contribution in [2.45, 2.75) is 20.3 Å². The SMILES string of the molecule is C#Cc1c(N)c(CC(C)C)cc(C(=O)OC)c1Cl. The smallest absolute Gasteiger partial charge is 0.339 e. The Balaban J connectivity index is 3.47. The highest BCUT2D eigenvalue weighted by atomic mass is 35.5. The minimum atomic E-state index is -0.512. The van der Waals surface area contributed by atoms with Crippen LogP contribution in [0.1, 0.15) is 35.3 Å². The van der Waals surface area contributed by atoms with Crippen molar-refractivity contribution in [2.24, 2.45) is 5.92 Å². The number of halogens is 1. The molecule has 1 rings (SSSR count). The molecule has 0 saturated heterocycles. The van der Waals surface area contributed by atoms with E-state index in [0.717, 1.165) is 12.0 Å². The zero-order valence-electron chi connectivity index (χ0n) is 10.7. The zero-order chi connectivity index (χ0) is 13.9. The Hall–Kier alpha value is -1.66. The van der Waals surface area contributed by atoms with Gasteiger partial charge in [0, 0.05) is 0 Å². The van der Waals surface area contributed by atoms with E-state index in [0.29, 0.717) is 17.2 Å². The molecule has 0 radical (unpaired) electrons. The molecule has 1 aromatic carbocycles. The standard InChI is InChI=1S/C14H16ClNO2/c1-5-10-12(15)11(14(17)18-4)7-9(13(10)16)6-8(2)3/h1,7-8H,6,16H2,2-4H3. The van der Waals surface area contributed by atoms with E-state index in [1.807, 2.05) is 0 Å². The highest BCUT2D eigenvalue weighted by Crippen LogP contribution is 2.31. The number of ether oxygens (including phenoxy) is 1. The molecular formula is C14H16ClNO2. The van der Waals surface area contributed by atoms with E-state index < -0.39 is 5.97 Å². The Kier molecular flexibility index (Phi) is 4.63. The molecule has 0 aliphatic rings. The molecule has 0 bridgehead atoms. The van der Waals surface area contributed by atoms with Crippen LogP contribution in [0, 0.1) is 18.3 Å². The van der Waals surface area contributed by atoms with E-state index in [9.17, 15) is 4.79 Å². The van der Waals surface area contributed by atoms with Crippen LogP contribution in [0.4, 0.5) is 5.69 Å². The molecule has 4 heteroatoms. The van der Waals surface area contributed by atoms with Crippen molar-refractivity contribution in [2.75, 3.05) is 12.8 Å². The number of benzene rings is 1. The van der Waals surface area contributed by atoms with Gasteiger partial charge in [-0.1, -0.05) is 31.4 Å². The van der Waals surface area contributed by atoms with E-state index in [1.165, 1.54) is 7.11 Å². The van der Waals surface area contributed by atoms with Crippen LogP contribution in [0.2, 0.25) is 5.02 Å². The summed E-state index contributed by atoms with van der Waals surface area (Å²) in [5.74, 6) is 2.31. The van der Waals surface area contributed by atoms with Crippen molar-refractivity contribution in [1.29, 1.82) is 0 Å². The van der Waals surface area contributed by atoms with Gasteiger partial charge in [-0.05, 0) is 24.0 Å². The molecule has 2 N–H and O–H groups in total. The van der Waals surface area contributed by atoms with Crippen molar-refractivity contribution in [3.8, 4) is 12.3 Å². The van der Waals surface area contributed by atoms with Crippen LogP contribution >= 0.6 is 11.6 Å². The van der Waals surface area contributed by atoms with Crippen LogP contribution in [-0.2, 0) is 11.2 Å². The number of methoxy groups -OCH3 is 1. The van der Waals surface area contributed by atoms with E-state index in [4.69, 9.17) is 23.8 Å². The quantitative estimate of drug-likeness (QED) is 0.519. The first-order valence-corrected chi connectivity index (χ1v) is 5.95. The first kappa shape index (κ1) is 14.4. The normalized spacial score (nSPS) is 10.2. The summed E-state index contributed by atoms with van der Waals surface area (Å²) < 4.78 is 4.68. The number of carbonyl (C=O) groups excluding carboxylic acids is 1. The molecule has 0 spiro atoms. The fourth-order valence-electron chi connectivity index (χ4n) is 1.74. The van der Waals surface area contributed by atoms with Gasteiger partial charge in [0.2, 0.25) is 0 Å². The minimum absolute atomic E-state index is 0.175. The highest BCUT2D eigenvalue weighted by molar-refractivity contribution is 6.35. The molecule has 0 heterocycles. The Morgan fingerprint density at radius 2 is 2.22 bits per heavy atom. The molecule has 0 amide bonds. The first-order chi connectivity index (χ1) is 8.42. The molecular weight excluding hydrogens is 250 g/mol. The molecule has 0 aliphatic carbocycles. The van der Waals surface area contributed by atoms with Crippen molar-refractivity contribution in [1.82, 2.24) is 0 Å². The second-order valence-corrected chi connectivity index (χ2v) is 4.80. The molecule has 0 fully saturated rings. The van der Waals surface area contributed by atoms with Gasteiger partial charge >= 0.3 is 5.97 Å². The number of rotatable bonds is 3. The second-order valence-electron chi connectivity index (χ2n) is 4.42. The number of anilines is 1. The van der Waals surface area contributed by atoms with Gasteiger partial charge in [-0.2, -0.15) is 0 Å². The summed E-state index contributed by atoms with van der Waals surface area (Å²) in [6, 6.07) is 1.66. The van der Waals surface area contributed by atoms with Crippen molar-refractivity contribution >= 4 is 23.3 Å². The average Bonchev–Trinajstić information content (AvgIpc) is 2.32. The Labute approximate surface area is 112 Å². The van der Waals surface area contributed by atoms with Crippen LogP contribution in [0.15, 0.2) is 6.07 Å². The van der Waals surface area contributed by atoms with Gasteiger partial charge in [-0.25, -0.2) is 4.79 Å². The lowest BCUT2D eigenvalue weighted by Crippen LogP contribution is -2.09. The van der Waals surface area contributed by atoms with Gasteiger partial charge in [-0.3, -0.25) is 0 Å². The third-order valence-electron chi connectivity index (χ3n) is 2.57. The largest absolute Gasteiger partial charge is 0.465 e. The molecule has 3 nitrogen and oxygen atoms in total. The number of hydrogen-bond donors (Lipinski definition) is 1. The lowest BCUT2D eigenvalue weighted by molar-refractivity contribution is 0.0601. The fraction of sp³-hybridized carbons (Fsp3) is 0.357. The molecule has 18 heavy (non-hydrogen) atoms. The predicted molar refractivity (Wildman–Crippen MR) is 73.7 cm³/mol. The maximum Gasteiger partial charge on any atom is 0.339 e. The van der Waals surface area contributed by atoms with Gasteiger partial charge in [-0.15, -0.1) is 6.42 Å². The fourth-order valence-corrected chi connectivity index (χ4v) is 2.03. The van der Waals surface area contributed by atoms with Gasteiger partial charge in [0.15, 0.2) is 0 Å². The highest BCUT2D eigenvalue weighted by Gasteiger charge is 2.19. The van der Waals surface area contributed by atoms with Crippen molar-refractivity contribution in [3.63, 3.8) is 0 Å². The lowest BCUT2D eigenvalue weighted by Gasteiger charge is -2.14. The number of esters is 1. The summed E-state index contributed by atoms with van der Waals surface area (Å²) in [6.45, 7) is 4.11. The van der Waals surface area contributed by atoms with Gasteiger partial charge in [0.1, 0.15) is 0 Å². The van der Waals surface area contributed by atoms with Crippen molar-refractivity contribution < 1.29 is 9.53 Å².